The highest BCUT2D eigenvalue weighted by Gasteiger charge is 1.84. The molecule has 0 radical (unpaired) electrons. The molecule has 1 aromatic carbocycles. The Labute approximate surface area is 66.2 Å². The van der Waals surface area contributed by atoms with Gasteiger partial charge in [0, 0.05) is 11.1 Å². The normalized spacial score (nSPS) is 10.6. The molecule has 1 rings (SSSR count). The van der Waals surface area contributed by atoms with Crippen LogP contribution in [0, 0.1) is 0 Å². The number of aliphatic imine (C=N–C) groups is 1. The highest BCUT2D eigenvalue weighted by atomic mass is 32.1. The van der Waals surface area contributed by atoms with Crippen LogP contribution in [0.15, 0.2) is 34.2 Å². The minimum absolute atomic E-state index is 0.968. The second-order valence-corrected chi connectivity index (χ2v) is 2.42. The highest BCUT2D eigenvalue weighted by molar-refractivity contribution is 7.80. The average molecular weight is 151 g/mol. The molecule has 0 fully saturated rings. The van der Waals surface area contributed by atoms with E-state index in [4.69, 9.17) is 0 Å². The fraction of sp³-hybridized carbons (Fsp3) is 0.125. The van der Waals surface area contributed by atoms with Gasteiger partial charge in [-0.1, -0.05) is 0 Å². The zero-order valence-corrected chi connectivity index (χ0v) is 6.68. The van der Waals surface area contributed by atoms with Crippen molar-refractivity contribution in [2.45, 2.75) is 11.8 Å². The van der Waals surface area contributed by atoms with Crippen molar-refractivity contribution in [3.8, 4) is 0 Å². The van der Waals surface area contributed by atoms with Crippen molar-refractivity contribution in [1.29, 1.82) is 0 Å². The Hall–Kier alpha value is -0.760. The minimum Gasteiger partial charge on any atom is -0.262 e. The number of hydrogen-bond donors (Lipinski definition) is 1. The lowest BCUT2D eigenvalue weighted by atomic mass is 10.3. The lowest BCUT2D eigenvalue weighted by Crippen LogP contribution is -1.65. The molecule has 0 aliphatic rings. The molecule has 1 nitrogen and oxygen atoms in total. The van der Waals surface area contributed by atoms with Crippen LogP contribution in [0.1, 0.15) is 6.92 Å². The van der Waals surface area contributed by atoms with Crippen LogP contribution in [0.25, 0.3) is 0 Å². The van der Waals surface area contributed by atoms with Crippen molar-refractivity contribution in [2.75, 3.05) is 0 Å². The zero-order chi connectivity index (χ0) is 7.40. The van der Waals surface area contributed by atoms with Crippen molar-refractivity contribution >= 4 is 24.5 Å². The SMILES string of the molecule is CC=Nc1ccc(S)cc1. The molecule has 0 saturated heterocycles. The van der Waals surface area contributed by atoms with Gasteiger partial charge in [-0.3, -0.25) is 4.99 Å². The van der Waals surface area contributed by atoms with Crippen molar-refractivity contribution in [3.63, 3.8) is 0 Å². The first kappa shape index (κ1) is 7.35. The van der Waals surface area contributed by atoms with Gasteiger partial charge in [0.25, 0.3) is 0 Å². The number of nitrogens with zero attached hydrogens (tertiary/aromatic N) is 1. The lowest BCUT2D eigenvalue weighted by molar-refractivity contribution is 1.43. The molecule has 2 heteroatoms. The summed E-state index contributed by atoms with van der Waals surface area (Å²) in [6, 6.07) is 7.71. The van der Waals surface area contributed by atoms with E-state index < -0.39 is 0 Å². The van der Waals surface area contributed by atoms with Gasteiger partial charge in [0.1, 0.15) is 0 Å². The molecule has 0 atom stereocenters. The molecule has 10 heavy (non-hydrogen) atoms. The third-order valence-electron chi connectivity index (χ3n) is 1.13. The van der Waals surface area contributed by atoms with Gasteiger partial charge in [-0.2, -0.15) is 0 Å². The monoisotopic (exact) mass is 151 g/mol. The molecule has 0 N–H and O–H groups in total. The van der Waals surface area contributed by atoms with Crippen molar-refractivity contribution in [3.05, 3.63) is 24.3 Å². The standard InChI is InChI=1S/C8H9NS/c1-2-9-7-3-5-8(10)6-4-7/h2-6,10H,1H3. The van der Waals surface area contributed by atoms with Gasteiger partial charge in [-0.15, -0.1) is 12.6 Å². The summed E-state index contributed by atoms with van der Waals surface area (Å²) in [5, 5.41) is 0. The molecule has 0 bridgehead atoms. The summed E-state index contributed by atoms with van der Waals surface area (Å²) in [6.45, 7) is 1.90. The van der Waals surface area contributed by atoms with Crippen LogP contribution in [0.3, 0.4) is 0 Å². The predicted molar refractivity (Wildman–Crippen MR) is 47.5 cm³/mol. The first-order chi connectivity index (χ1) is 4.83. The smallest absolute Gasteiger partial charge is 0.0626 e. The van der Waals surface area contributed by atoms with Crippen LogP contribution in [-0.2, 0) is 0 Å². The first-order valence-corrected chi connectivity index (χ1v) is 3.55. The molecule has 52 valence electrons. The van der Waals surface area contributed by atoms with Crippen LogP contribution in [0.4, 0.5) is 5.69 Å². The quantitative estimate of drug-likeness (QED) is 0.468. The van der Waals surface area contributed by atoms with Gasteiger partial charge in [0.15, 0.2) is 0 Å². The molecule has 0 unspecified atom stereocenters. The van der Waals surface area contributed by atoms with Crippen LogP contribution in [-0.4, -0.2) is 6.21 Å². The second kappa shape index (κ2) is 3.42. The van der Waals surface area contributed by atoms with E-state index in [1.54, 1.807) is 6.21 Å². The van der Waals surface area contributed by atoms with Gasteiger partial charge in [-0.05, 0) is 31.2 Å². The van der Waals surface area contributed by atoms with Gasteiger partial charge in [0.05, 0.1) is 5.69 Å². The van der Waals surface area contributed by atoms with Crippen molar-refractivity contribution in [2.24, 2.45) is 4.99 Å². The van der Waals surface area contributed by atoms with Gasteiger partial charge < -0.3 is 0 Å². The molecule has 0 saturated carbocycles. The molecule has 0 amide bonds. The van der Waals surface area contributed by atoms with E-state index in [1.165, 1.54) is 0 Å². The number of hydrogen-bond acceptors (Lipinski definition) is 2. The van der Waals surface area contributed by atoms with E-state index in [2.05, 4.69) is 17.6 Å². The Kier molecular flexibility index (Phi) is 2.51. The summed E-state index contributed by atoms with van der Waals surface area (Å²) in [4.78, 5) is 5.06. The number of thiol groups is 1. The Balaban J connectivity index is 2.89. The van der Waals surface area contributed by atoms with Gasteiger partial charge in [-0.25, -0.2) is 0 Å². The fourth-order valence-corrected chi connectivity index (χ4v) is 0.837. The molecule has 0 spiro atoms. The van der Waals surface area contributed by atoms with Gasteiger partial charge in [0.2, 0.25) is 0 Å². The summed E-state index contributed by atoms with van der Waals surface area (Å²) < 4.78 is 0. The maximum absolute atomic E-state index is 4.15. The summed E-state index contributed by atoms with van der Waals surface area (Å²) >= 11 is 4.15. The average Bonchev–Trinajstić information content (AvgIpc) is 1.95. The predicted octanol–water partition coefficient (Wildman–Crippen LogP) is 2.70. The van der Waals surface area contributed by atoms with Crippen LogP contribution in [0.5, 0.6) is 0 Å². The van der Waals surface area contributed by atoms with E-state index in [0.717, 1.165) is 10.6 Å². The van der Waals surface area contributed by atoms with E-state index in [0.29, 0.717) is 0 Å². The number of benzene rings is 1. The molecular weight excluding hydrogens is 142 g/mol. The minimum atomic E-state index is 0.968. The Morgan fingerprint density at radius 1 is 1.30 bits per heavy atom. The second-order valence-electron chi connectivity index (χ2n) is 1.90. The lowest BCUT2D eigenvalue weighted by Gasteiger charge is -1.91. The van der Waals surface area contributed by atoms with E-state index >= 15 is 0 Å². The molecule has 0 aliphatic carbocycles. The van der Waals surface area contributed by atoms with Crippen molar-refractivity contribution < 1.29 is 0 Å². The van der Waals surface area contributed by atoms with E-state index in [1.807, 2.05) is 31.2 Å². The zero-order valence-electron chi connectivity index (χ0n) is 5.78. The maximum Gasteiger partial charge on any atom is 0.0626 e. The summed E-state index contributed by atoms with van der Waals surface area (Å²) in [5.41, 5.74) is 0.973. The number of rotatable bonds is 1. The topological polar surface area (TPSA) is 12.4 Å². The molecule has 1 aromatic rings. The maximum atomic E-state index is 4.15. The molecule has 0 aliphatic heterocycles. The molecule has 0 aromatic heterocycles. The van der Waals surface area contributed by atoms with E-state index in [-0.39, 0.29) is 0 Å². The Bertz CT molecular complexity index is 226. The summed E-state index contributed by atoms with van der Waals surface area (Å²) in [6.07, 6.45) is 1.77. The summed E-state index contributed by atoms with van der Waals surface area (Å²) in [7, 11) is 0. The molecular formula is C8H9NS. The van der Waals surface area contributed by atoms with Crippen molar-refractivity contribution in [1.82, 2.24) is 0 Å². The van der Waals surface area contributed by atoms with Gasteiger partial charge >= 0.3 is 0 Å². The Morgan fingerprint density at radius 2 is 1.90 bits per heavy atom. The third-order valence-corrected chi connectivity index (χ3v) is 1.43. The Morgan fingerprint density at radius 3 is 2.40 bits per heavy atom. The summed E-state index contributed by atoms with van der Waals surface area (Å²) in [5.74, 6) is 0. The van der Waals surface area contributed by atoms with Crippen LogP contribution >= 0.6 is 12.6 Å². The largest absolute Gasteiger partial charge is 0.262 e. The molecule has 0 heterocycles. The van der Waals surface area contributed by atoms with Crippen LogP contribution < -0.4 is 0 Å². The van der Waals surface area contributed by atoms with E-state index in [9.17, 15) is 0 Å². The third kappa shape index (κ3) is 1.88. The first-order valence-electron chi connectivity index (χ1n) is 3.10. The fourth-order valence-electron chi connectivity index (χ4n) is 0.688. The van der Waals surface area contributed by atoms with Crippen LogP contribution in [0.2, 0.25) is 0 Å². The highest BCUT2D eigenvalue weighted by Crippen LogP contribution is 2.13.